The Morgan fingerprint density at radius 1 is 1.17 bits per heavy atom. The molecule has 0 aliphatic heterocycles. The molecule has 2 N–H and O–H groups in total. The first-order chi connectivity index (χ1) is 11.6. The number of benzene rings is 1. The van der Waals surface area contributed by atoms with E-state index in [2.05, 4.69) is 15.4 Å². The van der Waals surface area contributed by atoms with Crippen LogP contribution in [-0.4, -0.2) is 31.0 Å². The lowest BCUT2D eigenvalue weighted by Gasteiger charge is -2.22. The molecular weight excluding hydrogens is 334 g/mol. The Balaban J connectivity index is 1.57. The number of nitrogens with one attached hydrogen (secondary N) is 2. The summed E-state index contributed by atoms with van der Waals surface area (Å²) in [4.78, 5) is 0. The lowest BCUT2D eigenvalue weighted by molar-refractivity contribution is -0.0498. The van der Waals surface area contributed by atoms with Crippen molar-refractivity contribution >= 4 is 23.0 Å². The zero-order valence-corrected chi connectivity index (χ0v) is 14.4. The second-order valence-corrected chi connectivity index (χ2v) is 6.18. The molecule has 4 nitrogen and oxygen atoms in total. The molecule has 1 fully saturated rings. The molecule has 1 aromatic rings. The van der Waals surface area contributed by atoms with Gasteiger partial charge in [0.05, 0.1) is 6.10 Å². The molecule has 1 aromatic carbocycles. The van der Waals surface area contributed by atoms with E-state index in [1.807, 2.05) is 0 Å². The van der Waals surface area contributed by atoms with Crippen LogP contribution in [0.25, 0.3) is 0 Å². The molecule has 7 heteroatoms. The highest BCUT2D eigenvalue weighted by Gasteiger charge is 2.12. The van der Waals surface area contributed by atoms with Crippen molar-refractivity contribution in [3.05, 3.63) is 24.3 Å². The van der Waals surface area contributed by atoms with E-state index in [-0.39, 0.29) is 5.75 Å². The van der Waals surface area contributed by atoms with Crippen molar-refractivity contribution in [3.8, 4) is 5.75 Å². The van der Waals surface area contributed by atoms with Gasteiger partial charge in [-0.2, -0.15) is 8.78 Å². The van der Waals surface area contributed by atoms with Crippen LogP contribution in [0.2, 0.25) is 0 Å². The fourth-order valence-corrected chi connectivity index (χ4v) is 2.87. The Morgan fingerprint density at radius 2 is 1.88 bits per heavy atom. The van der Waals surface area contributed by atoms with Gasteiger partial charge in [-0.15, -0.1) is 0 Å². The summed E-state index contributed by atoms with van der Waals surface area (Å²) in [6.45, 7) is -1.35. The van der Waals surface area contributed by atoms with E-state index in [4.69, 9.17) is 17.0 Å². The first-order valence-electron chi connectivity index (χ1n) is 8.35. The number of rotatable bonds is 8. The number of hydrogen-bond acceptors (Lipinski definition) is 3. The SMILES string of the molecule is FC(F)Oc1ccc(NC(=S)NCCCOC2CCCCC2)cc1. The number of ether oxygens (including phenoxy) is 2. The molecule has 1 aliphatic carbocycles. The summed E-state index contributed by atoms with van der Waals surface area (Å²) in [5.74, 6) is 0.120. The van der Waals surface area contributed by atoms with E-state index in [0.29, 0.717) is 16.9 Å². The fourth-order valence-electron chi connectivity index (χ4n) is 2.65. The third-order valence-corrected chi connectivity index (χ3v) is 4.10. The highest BCUT2D eigenvalue weighted by Crippen LogP contribution is 2.20. The molecule has 0 amide bonds. The van der Waals surface area contributed by atoms with Gasteiger partial charge < -0.3 is 20.1 Å². The molecule has 0 unspecified atom stereocenters. The molecule has 2 rings (SSSR count). The highest BCUT2D eigenvalue weighted by atomic mass is 32.1. The summed E-state index contributed by atoms with van der Waals surface area (Å²) in [7, 11) is 0. The molecule has 1 aliphatic rings. The summed E-state index contributed by atoms with van der Waals surface area (Å²) < 4.78 is 34.3. The Hall–Kier alpha value is -1.47. The molecule has 134 valence electrons. The van der Waals surface area contributed by atoms with E-state index in [9.17, 15) is 8.78 Å². The molecule has 0 aromatic heterocycles. The van der Waals surface area contributed by atoms with Crippen molar-refractivity contribution in [3.63, 3.8) is 0 Å². The molecule has 0 radical (unpaired) electrons. The molecule has 0 heterocycles. The van der Waals surface area contributed by atoms with Crippen molar-refractivity contribution in [1.82, 2.24) is 5.32 Å². The quantitative estimate of drug-likeness (QED) is 0.535. The van der Waals surface area contributed by atoms with Gasteiger partial charge in [0.1, 0.15) is 5.75 Å². The predicted molar refractivity (Wildman–Crippen MR) is 94.7 cm³/mol. The third-order valence-electron chi connectivity index (χ3n) is 3.85. The summed E-state index contributed by atoms with van der Waals surface area (Å²) >= 11 is 5.20. The van der Waals surface area contributed by atoms with Crippen molar-refractivity contribution in [2.45, 2.75) is 51.2 Å². The van der Waals surface area contributed by atoms with Crippen molar-refractivity contribution < 1.29 is 18.3 Å². The van der Waals surface area contributed by atoms with Crippen molar-refractivity contribution in [2.24, 2.45) is 0 Å². The Morgan fingerprint density at radius 3 is 2.54 bits per heavy atom. The van der Waals surface area contributed by atoms with Crippen LogP contribution in [0.3, 0.4) is 0 Å². The average Bonchev–Trinajstić information content (AvgIpc) is 2.57. The van der Waals surface area contributed by atoms with Crippen molar-refractivity contribution in [2.75, 3.05) is 18.5 Å². The third kappa shape index (κ3) is 7.40. The van der Waals surface area contributed by atoms with Crippen LogP contribution in [0.1, 0.15) is 38.5 Å². The molecule has 0 saturated heterocycles. The normalized spacial score (nSPS) is 15.3. The first kappa shape index (κ1) is 18.9. The Labute approximate surface area is 146 Å². The Kier molecular flexibility index (Phi) is 8.18. The predicted octanol–water partition coefficient (Wildman–Crippen LogP) is 4.31. The smallest absolute Gasteiger partial charge is 0.387 e. The van der Waals surface area contributed by atoms with E-state index in [1.54, 1.807) is 12.1 Å². The molecule has 0 spiro atoms. The average molecular weight is 358 g/mol. The second-order valence-electron chi connectivity index (χ2n) is 5.77. The summed E-state index contributed by atoms with van der Waals surface area (Å²) in [6.07, 6.45) is 7.56. The monoisotopic (exact) mass is 358 g/mol. The Bertz CT molecular complexity index is 494. The van der Waals surface area contributed by atoms with Crippen LogP contribution in [0.4, 0.5) is 14.5 Å². The number of thiocarbonyl (C=S) groups is 1. The molecule has 24 heavy (non-hydrogen) atoms. The second kappa shape index (κ2) is 10.4. The first-order valence-corrected chi connectivity index (χ1v) is 8.75. The minimum Gasteiger partial charge on any atom is -0.435 e. The summed E-state index contributed by atoms with van der Waals surface area (Å²) in [5.41, 5.74) is 0.715. The largest absolute Gasteiger partial charge is 0.435 e. The lowest BCUT2D eigenvalue weighted by atomic mass is 9.98. The standard InChI is InChI=1S/C17H24F2N2O2S/c18-16(19)23-15-9-7-13(8-10-15)21-17(24)20-11-4-12-22-14-5-2-1-3-6-14/h7-10,14,16H,1-6,11-12H2,(H2,20,21,24). The van der Waals surface area contributed by atoms with Crippen LogP contribution in [0.15, 0.2) is 24.3 Å². The molecular formula is C17H24F2N2O2S. The maximum atomic E-state index is 12.1. The number of hydrogen-bond donors (Lipinski definition) is 2. The van der Waals surface area contributed by atoms with Gasteiger partial charge in [0.2, 0.25) is 0 Å². The molecule has 0 bridgehead atoms. The van der Waals surface area contributed by atoms with E-state index >= 15 is 0 Å². The zero-order valence-electron chi connectivity index (χ0n) is 13.6. The number of anilines is 1. The minimum absolute atomic E-state index is 0.120. The van der Waals surface area contributed by atoms with Gasteiger partial charge in [-0.1, -0.05) is 19.3 Å². The van der Waals surface area contributed by atoms with Crippen LogP contribution in [0, 0.1) is 0 Å². The molecule has 1 saturated carbocycles. The van der Waals surface area contributed by atoms with Crippen LogP contribution in [-0.2, 0) is 4.74 Å². The maximum Gasteiger partial charge on any atom is 0.387 e. The van der Waals surface area contributed by atoms with Crippen molar-refractivity contribution in [1.29, 1.82) is 0 Å². The number of halogens is 2. The zero-order chi connectivity index (χ0) is 17.2. The maximum absolute atomic E-state index is 12.1. The summed E-state index contributed by atoms with van der Waals surface area (Å²) in [6, 6.07) is 6.21. The van der Waals surface area contributed by atoms with Crippen LogP contribution in [0.5, 0.6) is 5.75 Å². The van der Waals surface area contributed by atoms with Gasteiger partial charge in [-0.3, -0.25) is 0 Å². The van der Waals surface area contributed by atoms with Crippen LogP contribution >= 0.6 is 12.2 Å². The molecule has 0 atom stereocenters. The number of alkyl halides is 2. The van der Waals surface area contributed by atoms with Crippen LogP contribution < -0.4 is 15.4 Å². The lowest BCUT2D eigenvalue weighted by Crippen LogP contribution is -2.30. The van der Waals surface area contributed by atoms with Gasteiger partial charge in [0, 0.05) is 18.8 Å². The van der Waals surface area contributed by atoms with Gasteiger partial charge in [-0.25, -0.2) is 0 Å². The van der Waals surface area contributed by atoms with Gasteiger partial charge in [0.25, 0.3) is 0 Å². The van der Waals surface area contributed by atoms with Gasteiger partial charge in [-0.05, 0) is 55.7 Å². The minimum atomic E-state index is -2.82. The van der Waals surface area contributed by atoms with Gasteiger partial charge >= 0.3 is 6.61 Å². The van der Waals surface area contributed by atoms with E-state index in [0.717, 1.165) is 19.6 Å². The summed E-state index contributed by atoms with van der Waals surface area (Å²) in [5, 5.41) is 6.60. The fraction of sp³-hybridized carbons (Fsp3) is 0.588. The van der Waals surface area contributed by atoms with Gasteiger partial charge in [0.15, 0.2) is 5.11 Å². The van der Waals surface area contributed by atoms with E-state index in [1.165, 1.54) is 44.2 Å². The topological polar surface area (TPSA) is 42.5 Å². The highest BCUT2D eigenvalue weighted by molar-refractivity contribution is 7.80. The van der Waals surface area contributed by atoms with E-state index < -0.39 is 6.61 Å².